The van der Waals surface area contributed by atoms with Crippen molar-refractivity contribution in [3.63, 3.8) is 0 Å². The maximum atomic E-state index is 2.50. The second-order valence-corrected chi connectivity index (χ2v) is 13.6. The van der Waals surface area contributed by atoms with Crippen LogP contribution in [0.25, 0.3) is 0 Å². The van der Waals surface area contributed by atoms with E-state index in [1.165, 1.54) is 92.7 Å². The van der Waals surface area contributed by atoms with E-state index < -0.39 is 7.26 Å². The summed E-state index contributed by atoms with van der Waals surface area (Å²) < 4.78 is 0. The summed E-state index contributed by atoms with van der Waals surface area (Å²) in [5.74, 6) is 0.711. The van der Waals surface area contributed by atoms with Crippen LogP contribution in [0.5, 0.6) is 0 Å². The SMILES string of the molecule is CCCCCCCCCCCCC(C)C[P+](c1ccccc1)(c1ccccc1)c1ccccc1. The van der Waals surface area contributed by atoms with Gasteiger partial charge in [-0.15, -0.1) is 0 Å². The zero-order valence-electron chi connectivity index (χ0n) is 21.7. The molecule has 0 saturated heterocycles. The molecular weight excluding hydrogens is 427 g/mol. The lowest BCUT2D eigenvalue weighted by Gasteiger charge is -2.30. The van der Waals surface area contributed by atoms with E-state index >= 15 is 0 Å². The minimum Gasteiger partial charge on any atom is -0.0654 e. The summed E-state index contributed by atoms with van der Waals surface area (Å²) in [5.41, 5.74) is 0. The van der Waals surface area contributed by atoms with Gasteiger partial charge in [-0.3, -0.25) is 0 Å². The summed E-state index contributed by atoms with van der Waals surface area (Å²) in [4.78, 5) is 0. The summed E-state index contributed by atoms with van der Waals surface area (Å²) in [5, 5.41) is 4.55. The molecule has 0 radical (unpaired) electrons. The molecule has 0 aliphatic carbocycles. The predicted octanol–water partition coefficient (Wildman–Crippen LogP) is 8.93. The second-order valence-electron chi connectivity index (χ2n) is 10.1. The molecule has 0 aromatic heterocycles. The van der Waals surface area contributed by atoms with Crippen molar-refractivity contribution in [2.45, 2.75) is 84.5 Å². The fraction of sp³-hybridized carbons (Fsp3) is 0.455. The van der Waals surface area contributed by atoms with Gasteiger partial charge in [0, 0.05) is 0 Å². The molecule has 0 aliphatic rings. The first kappa shape index (κ1) is 26.7. The molecule has 0 spiro atoms. The Labute approximate surface area is 210 Å². The summed E-state index contributed by atoms with van der Waals surface area (Å²) in [6.45, 7) is 4.80. The maximum Gasteiger partial charge on any atom is 0.112 e. The fourth-order valence-electron chi connectivity index (χ4n) is 5.35. The highest BCUT2D eigenvalue weighted by Crippen LogP contribution is 2.57. The van der Waals surface area contributed by atoms with E-state index in [0.29, 0.717) is 5.92 Å². The molecule has 1 unspecified atom stereocenters. The molecule has 0 saturated carbocycles. The van der Waals surface area contributed by atoms with E-state index in [9.17, 15) is 0 Å². The van der Waals surface area contributed by atoms with Crippen LogP contribution in [0.4, 0.5) is 0 Å². The normalized spacial score (nSPS) is 12.5. The van der Waals surface area contributed by atoms with Gasteiger partial charge in [0.25, 0.3) is 0 Å². The molecule has 0 N–H and O–H groups in total. The Morgan fingerprint density at radius 3 is 1.24 bits per heavy atom. The lowest BCUT2D eigenvalue weighted by molar-refractivity contribution is 0.508. The third-order valence-corrected chi connectivity index (χ3v) is 11.9. The molecule has 0 amide bonds. The highest BCUT2D eigenvalue weighted by Gasteiger charge is 2.45. The van der Waals surface area contributed by atoms with Crippen LogP contribution in [-0.2, 0) is 0 Å². The molecular formula is C33H46P+. The molecule has 34 heavy (non-hydrogen) atoms. The number of hydrogen-bond acceptors (Lipinski definition) is 0. The Morgan fingerprint density at radius 1 is 0.500 bits per heavy atom. The molecule has 0 bridgehead atoms. The summed E-state index contributed by atoms with van der Waals surface area (Å²) in [6, 6.07) is 34.1. The predicted molar refractivity (Wildman–Crippen MR) is 156 cm³/mol. The van der Waals surface area contributed by atoms with E-state index in [2.05, 4.69) is 105 Å². The number of benzene rings is 3. The van der Waals surface area contributed by atoms with E-state index in [4.69, 9.17) is 0 Å². The first-order valence-electron chi connectivity index (χ1n) is 13.8. The molecule has 3 aromatic rings. The molecule has 0 aliphatic heterocycles. The minimum atomic E-state index is -1.69. The van der Waals surface area contributed by atoms with Gasteiger partial charge in [0.15, 0.2) is 0 Å². The lowest BCUT2D eigenvalue weighted by Crippen LogP contribution is -2.35. The van der Waals surface area contributed by atoms with Gasteiger partial charge in [-0.1, -0.05) is 133 Å². The summed E-state index contributed by atoms with van der Waals surface area (Å²) in [7, 11) is -1.69. The third kappa shape index (κ3) is 7.81. The highest BCUT2D eigenvalue weighted by atomic mass is 31.2. The van der Waals surface area contributed by atoms with Crippen LogP contribution in [-0.4, -0.2) is 6.16 Å². The monoisotopic (exact) mass is 473 g/mol. The number of hydrogen-bond donors (Lipinski definition) is 0. The van der Waals surface area contributed by atoms with Crippen LogP contribution in [0.2, 0.25) is 0 Å². The van der Waals surface area contributed by atoms with E-state index in [1.807, 2.05) is 0 Å². The smallest absolute Gasteiger partial charge is 0.0654 e. The second kappa shape index (κ2) is 15.2. The molecule has 1 heteroatoms. The Bertz CT molecular complexity index is 791. The van der Waals surface area contributed by atoms with E-state index in [1.54, 1.807) is 0 Å². The number of unbranched alkanes of at least 4 members (excludes halogenated alkanes) is 9. The number of rotatable bonds is 16. The van der Waals surface area contributed by atoms with Gasteiger partial charge in [0.05, 0.1) is 6.16 Å². The average molecular weight is 474 g/mol. The van der Waals surface area contributed by atoms with Gasteiger partial charge in [0.2, 0.25) is 0 Å². The Morgan fingerprint density at radius 2 is 0.853 bits per heavy atom. The average Bonchev–Trinajstić information content (AvgIpc) is 2.90. The van der Waals surface area contributed by atoms with Gasteiger partial charge in [-0.2, -0.15) is 0 Å². The molecule has 0 nitrogen and oxygen atoms in total. The quantitative estimate of drug-likeness (QED) is 0.144. The molecule has 3 rings (SSSR count). The maximum absolute atomic E-state index is 2.50. The zero-order chi connectivity index (χ0) is 23.9. The van der Waals surface area contributed by atoms with Crippen LogP contribution in [0.15, 0.2) is 91.0 Å². The van der Waals surface area contributed by atoms with Crippen LogP contribution < -0.4 is 15.9 Å². The molecule has 1 atom stereocenters. The van der Waals surface area contributed by atoms with Crippen molar-refractivity contribution >= 4 is 23.2 Å². The van der Waals surface area contributed by atoms with Crippen molar-refractivity contribution in [3.8, 4) is 0 Å². The molecule has 3 aromatic carbocycles. The standard InChI is InChI=1S/C33H46P/c1-3-4-5-6-7-8-9-10-11-15-22-30(2)29-34(31-23-16-12-17-24-31,32-25-18-13-19-26-32)33-27-20-14-21-28-33/h12-14,16-21,23-28,30H,3-11,15,22,29H2,1-2H3/q+1. The van der Waals surface area contributed by atoms with Crippen molar-refractivity contribution < 1.29 is 0 Å². The van der Waals surface area contributed by atoms with Gasteiger partial charge in [-0.25, -0.2) is 0 Å². The van der Waals surface area contributed by atoms with Crippen LogP contribution in [0.1, 0.15) is 84.5 Å². The van der Waals surface area contributed by atoms with Crippen LogP contribution >= 0.6 is 7.26 Å². The van der Waals surface area contributed by atoms with Gasteiger partial charge in [-0.05, 0) is 48.7 Å². The van der Waals surface area contributed by atoms with Crippen molar-refractivity contribution in [2.24, 2.45) is 5.92 Å². The Balaban J connectivity index is 1.65. The Hall–Kier alpha value is -1.91. The van der Waals surface area contributed by atoms with Gasteiger partial charge >= 0.3 is 0 Å². The van der Waals surface area contributed by atoms with Gasteiger partial charge < -0.3 is 0 Å². The van der Waals surface area contributed by atoms with E-state index in [0.717, 1.165) is 0 Å². The summed E-state index contributed by atoms with van der Waals surface area (Å²) in [6.07, 6.45) is 16.7. The lowest BCUT2D eigenvalue weighted by atomic mass is 10.0. The van der Waals surface area contributed by atoms with E-state index in [-0.39, 0.29) is 0 Å². The molecule has 0 fully saturated rings. The molecule has 182 valence electrons. The van der Waals surface area contributed by atoms with Crippen molar-refractivity contribution in [1.82, 2.24) is 0 Å². The van der Waals surface area contributed by atoms with Crippen molar-refractivity contribution in [1.29, 1.82) is 0 Å². The first-order chi connectivity index (χ1) is 16.8. The van der Waals surface area contributed by atoms with Gasteiger partial charge in [0.1, 0.15) is 23.2 Å². The molecule has 0 heterocycles. The van der Waals surface area contributed by atoms with Crippen LogP contribution in [0.3, 0.4) is 0 Å². The minimum absolute atomic E-state index is 0.711. The fourth-order valence-corrected chi connectivity index (χ4v) is 10.0. The van der Waals surface area contributed by atoms with Crippen molar-refractivity contribution in [3.05, 3.63) is 91.0 Å². The van der Waals surface area contributed by atoms with Crippen LogP contribution in [0, 0.1) is 5.92 Å². The first-order valence-corrected chi connectivity index (χ1v) is 15.8. The zero-order valence-corrected chi connectivity index (χ0v) is 22.6. The topological polar surface area (TPSA) is 0 Å². The third-order valence-electron chi connectivity index (χ3n) is 7.23. The highest BCUT2D eigenvalue weighted by molar-refractivity contribution is 7.95. The Kier molecular flexibility index (Phi) is 11.9. The summed E-state index contributed by atoms with van der Waals surface area (Å²) >= 11 is 0. The largest absolute Gasteiger partial charge is 0.112 e. The van der Waals surface area contributed by atoms with Crippen molar-refractivity contribution in [2.75, 3.05) is 6.16 Å².